The molecule has 80 valence electrons. The highest BCUT2D eigenvalue weighted by Crippen LogP contribution is 2.22. The summed E-state index contributed by atoms with van der Waals surface area (Å²) >= 11 is 0. The largest absolute Gasteiger partial charge is 0.364 e. The maximum absolute atomic E-state index is 11.2. The van der Waals surface area contributed by atoms with Crippen molar-refractivity contribution in [2.45, 2.75) is 26.2 Å². The molecule has 1 heterocycles. The Labute approximate surface area is 90.9 Å². The average molecular weight is 203 g/mol. The van der Waals surface area contributed by atoms with E-state index in [0.29, 0.717) is 24.7 Å². The van der Waals surface area contributed by atoms with Crippen molar-refractivity contribution in [2.75, 3.05) is 18.0 Å². The van der Waals surface area contributed by atoms with Gasteiger partial charge in [-0.2, -0.15) is 0 Å². The van der Waals surface area contributed by atoms with Crippen molar-refractivity contribution in [3.05, 3.63) is 29.8 Å². The Hall–Kier alpha value is -1.31. The van der Waals surface area contributed by atoms with Crippen LogP contribution in [0.25, 0.3) is 0 Å². The molecule has 0 radical (unpaired) electrons. The Bertz CT molecular complexity index is 353. The molecule has 2 nitrogen and oxygen atoms in total. The van der Waals surface area contributed by atoms with Crippen molar-refractivity contribution in [3.8, 4) is 0 Å². The van der Waals surface area contributed by atoms with E-state index in [2.05, 4.69) is 43.0 Å². The molecule has 0 bridgehead atoms. The van der Waals surface area contributed by atoms with Gasteiger partial charge in [-0.25, -0.2) is 0 Å². The molecule has 1 aromatic carbocycles. The van der Waals surface area contributed by atoms with Crippen LogP contribution >= 0.6 is 0 Å². The van der Waals surface area contributed by atoms with E-state index in [4.69, 9.17) is 0 Å². The number of nitrogens with zero attached hydrogens (tertiary/aromatic N) is 1. The third-order valence-corrected chi connectivity index (χ3v) is 2.95. The Kier molecular flexibility index (Phi) is 2.76. The van der Waals surface area contributed by atoms with E-state index in [-0.39, 0.29) is 0 Å². The summed E-state index contributed by atoms with van der Waals surface area (Å²) in [6.45, 7) is 5.84. The van der Waals surface area contributed by atoms with Crippen LogP contribution in [0.1, 0.15) is 31.7 Å². The van der Waals surface area contributed by atoms with Crippen LogP contribution in [0.4, 0.5) is 5.69 Å². The zero-order chi connectivity index (χ0) is 10.8. The molecule has 0 aromatic heterocycles. The molecule has 0 atom stereocenters. The van der Waals surface area contributed by atoms with Gasteiger partial charge >= 0.3 is 0 Å². The highest BCUT2D eigenvalue weighted by Gasteiger charge is 2.19. The first-order valence-electron chi connectivity index (χ1n) is 5.53. The van der Waals surface area contributed by atoms with Crippen LogP contribution in [0.3, 0.4) is 0 Å². The highest BCUT2D eigenvalue weighted by molar-refractivity contribution is 5.87. The molecule has 0 N–H and O–H groups in total. The molecular formula is C13H17NO. The van der Waals surface area contributed by atoms with E-state index in [0.717, 1.165) is 6.54 Å². The minimum atomic E-state index is 0.350. The molecule has 0 saturated carbocycles. The fourth-order valence-electron chi connectivity index (χ4n) is 1.92. The molecule has 1 aliphatic rings. The van der Waals surface area contributed by atoms with Crippen molar-refractivity contribution < 1.29 is 4.79 Å². The topological polar surface area (TPSA) is 20.3 Å². The van der Waals surface area contributed by atoms with E-state index in [1.807, 2.05) is 0 Å². The van der Waals surface area contributed by atoms with Gasteiger partial charge in [0.15, 0.2) is 5.78 Å². The first-order valence-corrected chi connectivity index (χ1v) is 5.53. The fourth-order valence-corrected chi connectivity index (χ4v) is 1.92. The van der Waals surface area contributed by atoms with E-state index in [1.165, 1.54) is 11.3 Å². The summed E-state index contributed by atoms with van der Waals surface area (Å²) < 4.78 is 0. The summed E-state index contributed by atoms with van der Waals surface area (Å²) in [5.41, 5.74) is 2.52. The molecule has 0 amide bonds. The molecule has 1 aromatic rings. The average Bonchev–Trinajstić information content (AvgIpc) is 2.65. The number of anilines is 1. The predicted molar refractivity (Wildman–Crippen MR) is 62.4 cm³/mol. The van der Waals surface area contributed by atoms with Gasteiger partial charge in [0.05, 0.1) is 6.54 Å². The van der Waals surface area contributed by atoms with Gasteiger partial charge in [0, 0.05) is 18.7 Å². The molecule has 0 unspecified atom stereocenters. The van der Waals surface area contributed by atoms with Crippen molar-refractivity contribution in [2.24, 2.45) is 0 Å². The van der Waals surface area contributed by atoms with Gasteiger partial charge in [-0.05, 0) is 23.6 Å². The number of carbonyl (C=O) groups is 1. The third-order valence-electron chi connectivity index (χ3n) is 2.95. The standard InChI is InChI=1S/C13H17NO/c1-10(2)11-3-5-12(6-4-11)14-8-7-13(15)9-14/h3-6,10H,7-9H2,1-2H3. The Morgan fingerprint density at radius 2 is 1.87 bits per heavy atom. The summed E-state index contributed by atoms with van der Waals surface area (Å²) in [7, 11) is 0. The lowest BCUT2D eigenvalue weighted by Crippen LogP contribution is -2.19. The van der Waals surface area contributed by atoms with E-state index in [1.54, 1.807) is 0 Å². The summed E-state index contributed by atoms with van der Waals surface area (Å²) in [5.74, 6) is 0.919. The maximum atomic E-state index is 11.2. The monoisotopic (exact) mass is 203 g/mol. The van der Waals surface area contributed by atoms with Crippen molar-refractivity contribution in [1.82, 2.24) is 0 Å². The number of hydrogen-bond donors (Lipinski definition) is 0. The molecule has 15 heavy (non-hydrogen) atoms. The summed E-state index contributed by atoms with van der Waals surface area (Å²) in [6, 6.07) is 8.55. The van der Waals surface area contributed by atoms with Crippen molar-refractivity contribution in [3.63, 3.8) is 0 Å². The molecule has 1 saturated heterocycles. The van der Waals surface area contributed by atoms with Gasteiger partial charge in [-0.3, -0.25) is 4.79 Å². The lowest BCUT2D eigenvalue weighted by atomic mass is 10.0. The number of Topliss-reactive ketones (excluding diaryl/α,β-unsaturated/α-hetero) is 1. The Balaban J connectivity index is 2.13. The van der Waals surface area contributed by atoms with Crippen LogP contribution in [-0.4, -0.2) is 18.9 Å². The smallest absolute Gasteiger partial charge is 0.153 e. The van der Waals surface area contributed by atoms with Crippen molar-refractivity contribution in [1.29, 1.82) is 0 Å². The lowest BCUT2D eigenvalue weighted by Gasteiger charge is -2.17. The zero-order valence-corrected chi connectivity index (χ0v) is 9.36. The highest BCUT2D eigenvalue weighted by atomic mass is 16.1. The Morgan fingerprint density at radius 3 is 2.33 bits per heavy atom. The first kappa shape index (κ1) is 10.2. The van der Waals surface area contributed by atoms with E-state index >= 15 is 0 Å². The van der Waals surface area contributed by atoms with Gasteiger partial charge in [-0.1, -0.05) is 26.0 Å². The normalized spacial score (nSPS) is 16.5. The second kappa shape index (κ2) is 4.05. The lowest BCUT2D eigenvalue weighted by molar-refractivity contribution is -0.116. The zero-order valence-electron chi connectivity index (χ0n) is 9.36. The van der Waals surface area contributed by atoms with Gasteiger partial charge in [-0.15, -0.1) is 0 Å². The number of carbonyl (C=O) groups excluding carboxylic acids is 1. The summed E-state index contributed by atoms with van der Waals surface area (Å²) in [5, 5.41) is 0. The first-order chi connectivity index (χ1) is 7.16. The fraction of sp³-hybridized carbons (Fsp3) is 0.462. The molecular weight excluding hydrogens is 186 g/mol. The molecule has 2 heteroatoms. The predicted octanol–water partition coefficient (Wildman–Crippen LogP) is 2.59. The van der Waals surface area contributed by atoms with Crippen LogP contribution in [0.2, 0.25) is 0 Å². The molecule has 1 aliphatic heterocycles. The van der Waals surface area contributed by atoms with E-state index < -0.39 is 0 Å². The van der Waals surface area contributed by atoms with Gasteiger partial charge in [0.2, 0.25) is 0 Å². The minimum absolute atomic E-state index is 0.350. The van der Waals surface area contributed by atoms with Gasteiger partial charge in [0.1, 0.15) is 0 Å². The van der Waals surface area contributed by atoms with Gasteiger partial charge in [0.25, 0.3) is 0 Å². The van der Waals surface area contributed by atoms with Crippen LogP contribution in [0.5, 0.6) is 0 Å². The number of hydrogen-bond acceptors (Lipinski definition) is 2. The number of ketones is 1. The van der Waals surface area contributed by atoms with Crippen LogP contribution in [0, 0.1) is 0 Å². The summed E-state index contributed by atoms with van der Waals surface area (Å²) in [4.78, 5) is 13.3. The third kappa shape index (κ3) is 2.20. The molecule has 0 spiro atoms. The second-order valence-electron chi connectivity index (χ2n) is 4.46. The summed E-state index contributed by atoms with van der Waals surface area (Å²) in [6.07, 6.45) is 0.700. The van der Waals surface area contributed by atoms with Crippen LogP contribution < -0.4 is 4.90 Å². The van der Waals surface area contributed by atoms with E-state index in [9.17, 15) is 4.79 Å². The molecule has 0 aliphatic carbocycles. The van der Waals surface area contributed by atoms with Crippen LogP contribution in [-0.2, 0) is 4.79 Å². The van der Waals surface area contributed by atoms with Crippen molar-refractivity contribution >= 4 is 11.5 Å². The second-order valence-corrected chi connectivity index (χ2v) is 4.46. The molecule has 1 fully saturated rings. The Morgan fingerprint density at radius 1 is 1.20 bits per heavy atom. The van der Waals surface area contributed by atoms with Crippen LogP contribution in [0.15, 0.2) is 24.3 Å². The molecule has 2 rings (SSSR count). The maximum Gasteiger partial charge on any atom is 0.153 e. The van der Waals surface area contributed by atoms with Gasteiger partial charge < -0.3 is 4.90 Å². The number of rotatable bonds is 2. The minimum Gasteiger partial charge on any atom is -0.364 e. The SMILES string of the molecule is CC(C)c1ccc(N2CCC(=O)C2)cc1. The number of benzene rings is 1. The quantitative estimate of drug-likeness (QED) is 0.736.